The van der Waals surface area contributed by atoms with Gasteiger partial charge in [0, 0.05) is 11.9 Å². The number of allylic oxidation sites excluding steroid dienone is 2. The maximum absolute atomic E-state index is 5.75. The molecule has 5 nitrogen and oxygen atoms in total. The zero-order valence-corrected chi connectivity index (χ0v) is 14.9. The van der Waals surface area contributed by atoms with Crippen LogP contribution in [-0.4, -0.2) is 42.0 Å². The van der Waals surface area contributed by atoms with Crippen LogP contribution in [0.1, 0.15) is 39.5 Å². The molecule has 0 saturated carbocycles. The summed E-state index contributed by atoms with van der Waals surface area (Å²) in [7, 11) is 0. The van der Waals surface area contributed by atoms with Crippen LogP contribution in [-0.2, 0) is 4.74 Å². The van der Waals surface area contributed by atoms with Crippen molar-refractivity contribution in [2.45, 2.75) is 57.7 Å². The van der Waals surface area contributed by atoms with Gasteiger partial charge >= 0.3 is 0 Å². The number of nitrogens with zero attached hydrogens (tertiary/aromatic N) is 2. The van der Waals surface area contributed by atoms with Crippen molar-refractivity contribution in [3.63, 3.8) is 0 Å². The predicted molar refractivity (Wildman–Crippen MR) is 98.5 cm³/mol. The normalized spacial score (nSPS) is 36.9. The summed E-state index contributed by atoms with van der Waals surface area (Å²) in [5.41, 5.74) is 7.67. The number of rotatable bonds is 5. The Morgan fingerprint density at radius 3 is 2.83 bits per heavy atom. The minimum atomic E-state index is 0.213. The van der Waals surface area contributed by atoms with Crippen molar-refractivity contribution >= 4 is 5.71 Å². The number of hydrazine groups is 1. The quantitative estimate of drug-likeness (QED) is 0.761. The lowest BCUT2D eigenvalue weighted by molar-refractivity contribution is 0.00248. The summed E-state index contributed by atoms with van der Waals surface area (Å²) in [5, 5.41) is 0. The Morgan fingerprint density at radius 2 is 2.17 bits per heavy atom. The van der Waals surface area contributed by atoms with Gasteiger partial charge in [-0.05, 0) is 44.3 Å². The number of aliphatic imine (C=N–C) groups is 1. The molecule has 24 heavy (non-hydrogen) atoms. The smallest absolute Gasteiger partial charge is 0.127 e. The lowest BCUT2D eigenvalue weighted by Crippen LogP contribution is -2.46. The van der Waals surface area contributed by atoms with Gasteiger partial charge in [0.15, 0.2) is 0 Å². The zero-order valence-electron chi connectivity index (χ0n) is 14.9. The summed E-state index contributed by atoms with van der Waals surface area (Å²) < 4.78 is 5.75. The van der Waals surface area contributed by atoms with Gasteiger partial charge in [-0.2, -0.15) is 0 Å². The minimum absolute atomic E-state index is 0.213. The van der Waals surface area contributed by atoms with Crippen LogP contribution in [0.25, 0.3) is 0 Å². The van der Waals surface area contributed by atoms with Gasteiger partial charge in [0.1, 0.15) is 5.82 Å². The number of hydrogen-bond acceptors (Lipinski definition) is 5. The van der Waals surface area contributed by atoms with Gasteiger partial charge < -0.3 is 15.1 Å². The Labute approximate surface area is 145 Å². The molecule has 0 aromatic carbocycles. The third-order valence-electron chi connectivity index (χ3n) is 5.28. The van der Waals surface area contributed by atoms with Crippen LogP contribution in [0.5, 0.6) is 0 Å². The fourth-order valence-corrected chi connectivity index (χ4v) is 3.95. The molecule has 0 amide bonds. The number of ether oxygens (including phenoxy) is 1. The Kier molecular flexibility index (Phi) is 5.74. The van der Waals surface area contributed by atoms with E-state index >= 15 is 0 Å². The van der Waals surface area contributed by atoms with Crippen molar-refractivity contribution in [1.29, 1.82) is 0 Å². The summed E-state index contributed by atoms with van der Waals surface area (Å²) in [6.07, 6.45) is 12.7. The summed E-state index contributed by atoms with van der Waals surface area (Å²) in [5.74, 6) is 1.59. The monoisotopic (exact) mass is 330 g/mol. The molecule has 5 heteroatoms. The van der Waals surface area contributed by atoms with Crippen molar-refractivity contribution in [3.05, 3.63) is 36.8 Å². The van der Waals surface area contributed by atoms with Crippen LogP contribution in [0.15, 0.2) is 41.8 Å². The third-order valence-corrected chi connectivity index (χ3v) is 5.28. The van der Waals surface area contributed by atoms with E-state index in [1.54, 1.807) is 0 Å². The number of hydrogen-bond donors (Lipinski definition) is 2. The second-order valence-electron chi connectivity index (χ2n) is 6.95. The first-order valence-corrected chi connectivity index (χ1v) is 9.14. The second kappa shape index (κ2) is 7.99. The fraction of sp³-hybridized carbons (Fsp3) is 0.632. The lowest BCUT2D eigenvalue weighted by Gasteiger charge is -2.37. The molecule has 3 heterocycles. The first-order valence-electron chi connectivity index (χ1n) is 9.14. The molecule has 0 aromatic rings. The molecule has 4 unspecified atom stereocenters. The van der Waals surface area contributed by atoms with E-state index in [0.29, 0.717) is 18.0 Å². The Morgan fingerprint density at radius 1 is 1.42 bits per heavy atom. The van der Waals surface area contributed by atoms with Gasteiger partial charge in [0.05, 0.1) is 31.3 Å². The maximum atomic E-state index is 5.75. The fourth-order valence-electron chi connectivity index (χ4n) is 3.95. The van der Waals surface area contributed by atoms with E-state index in [9.17, 15) is 0 Å². The highest BCUT2D eigenvalue weighted by molar-refractivity contribution is 5.93. The summed E-state index contributed by atoms with van der Waals surface area (Å²) in [4.78, 5) is 7.44. The van der Waals surface area contributed by atoms with E-state index in [-0.39, 0.29) is 6.04 Å². The molecular formula is C19H30N4O. The molecular weight excluding hydrogens is 300 g/mol. The SMILES string of the molecule is C=CCC(CC)C1/C=C(N2C3CCC2COC3)/N=C(C)/C=C\NN1. The van der Waals surface area contributed by atoms with Crippen LogP contribution < -0.4 is 10.9 Å². The van der Waals surface area contributed by atoms with Gasteiger partial charge in [0.25, 0.3) is 0 Å². The molecule has 2 saturated heterocycles. The van der Waals surface area contributed by atoms with Crippen molar-refractivity contribution in [2.24, 2.45) is 10.9 Å². The van der Waals surface area contributed by atoms with Crippen LogP contribution in [0.2, 0.25) is 0 Å². The van der Waals surface area contributed by atoms with E-state index < -0.39 is 0 Å². The van der Waals surface area contributed by atoms with Crippen molar-refractivity contribution in [1.82, 2.24) is 15.8 Å². The van der Waals surface area contributed by atoms with Gasteiger partial charge in [-0.3, -0.25) is 0 Å². The molecule has 2 N–H and O–H groups in total. The van der Waals surface area contributed by atoms with E-state index in [0.717, 1.165) is 37.6 Å². The molecule has 2 fully saturated rings. The molecule has 0 aliphatic carbocycles. The summed E-state index contributed by atoms with van der Waals surface area (Å²) in [6.45, 7) is 9.84. The molecule has 3 aliphatic rings. The van der Waals surface area contributed by atoms with Crippen LogP contribution in [0, 0.1) is 5.92 Å². The number of morpholine rings is 1. The third kappa shape index (κ3) is 3.73. The lowest BCUT2D eigenvalue weighted by atomic mass is 9.93. The highest BCUT2D eigenvalue weighted by Gasteiger charge is 2.39. The van der Waals surface area contributed by atoms with Crippen LogP contribution in [0.3, 0.4) is 0 Å². The largest absolute Gasteiger partial charge is 0.377 e. The van der Waals surface area contributed by atoms with Crippen molar-refractivity contribution in [3.8, 4) is 0 Å². The van der Waals surface area contributed by atoms with E-state index in [2.05, 4.69) is 42.3 Å². The van der Waals surface area contributed by atoms with Crippen molar-refractivity contribution in [2.75, 3.05) is 13.2 Å². The number of nitrogens with one attached hydrogen (secondary N) is 2. The Hall–Kier alpha value is -1.59. The second-order valence-corrected chi connectivity index (χ2v) is 6.95. The van der Waals surface area contributed by atoms with E-state index in [4.69, 9.17) is 9.73 Å². The van der Waals surface area contributed by atoms with Gasteiger partial charge in [-0.15, -0.1) is 6.58 Å². The molecule has 0 aromatic heterocycles. The topological polar surface area (TPSA) is 48.9 Å². The van der Waals surface area contributed by atoms with Gasteiger partial charge in [-0.25, -0.2) is 10.4 Å². The molecule has 0 spiro atoms. The molecule has 2 bridgehead atoms. The molecule has 3 aliphatic heterocycles. The highest BCUT2D eigenvalue weighted by atomic mass is 16.5. The first kappa shape index (κ1) is 17.2. The van der Waals surface area contributed by atoms with Crippen LogP contribution >= 0.6 is 0 Å². The average molecular weight is 330 g/mol. The molecule has 4 atom stereocenters. The highest BCUT2D eigenvalue weighted by Crippen LogP contribution is 2.33. The molecule has 132 valence electrons. The zero-order chi connectivity index (χ0) is 16.9. The van der Waals surface area contributed by atoms with Crippen LogP contribution in [0.4, 0.5) is 0 Å². The predicted octanol–water partition coefficient (Wildman–Crippen LogP) is 2.74. The van der Waals surface area contributed by atoms with Crippen molar-refractivity contribution < 1.29 is 4.74 Å². The maximum Gasteiger partial charge on any atom is 0.127 e. The Bertz CT molecular complexity index is 523. The standard InChI is InChI=1S/C19H30N4O/c1-4-6-15(5-2)18-11-19(21-14(3)9-10-20-22-18)23-16-7-8-17(23)13-24-12-16/h4,9-11,15-18,20,22H,1,5-8,12-13H2,2-3H3/b10-9-,19-11-,21-14+. The molecule has 0 radical (unpaired) electrons. The number of fused-ring (bicyclic) bond motifs is 2. The van der Waals surface area contributed by atoms with E-state index in [1.165, 1.54) is 12.8 Å². The summed E-state index contributed by atoms with van der Waals surface area (Å²) in [6, 6.07) is 1.14. The first-order chi connectivity index (χ1) is 11.7. The van der Waals surface area contributed by atoms with Gasteiger partial charge in [0.2, 0.25) is 0 Å². The van der Waals surface area contributed by atoms with E-state index in [1.807, 2.05) is 18.4 Å². The Balaban J connectivity index is 1.93. The minimum Gasteiger partial charge on any atom is -0.377 e. The van der Waals surface area contributed by atoms with Gasteiger partial charge in [-0.1, -0.05) is 19.4 Å². The molecule has 3 rings (SSSR count). The average Bonchev–Trinajstić information content (AvgIpc) is 2.87. The summed E-state index contributed by atoms with van der Waals surface area (Å²) >= 11 is 0.